The van der Waals surface area contributed by atoms with E-state index in [1.165, 1.54) is 35.4 Å². The van der Waals surface area contributed by atoms with Crippen LogP contribution in [0.3, 0.4) is 0 Å². The molecule has 0 saturated carbocycles. The van der Waals surface area contributed by atoms with E-state index in [1.54, 1.807) is 100 Å². The summed E-state index contributed by atoms with van der Waals surface area (Å²) in [6, 6.07) is 14.5. The number of benzene rings is 4. The first-order valence-corrected chi connectivity index (χ1v) is 24.6. The molecule has 0 radical (unpaired) electrons. The number of carboxylic acids is 1. The van der Waals surface area contributed by atoms with E-state index in [-0.39, 0.29) is 19.8 Å². The highest BCUT2D eigenvalue weighted by Gasteiger charge is 2.29. The van der Waals surface area contributed by atoms with Crippen LogP contribution < -0.4 is 48.5 Å². The van der Waals surface area contributed by atoms with Crippen LogP contribution in [0.25, 0.3) is 11.1 Å². The predicted molar refractivity (Wildman–Crippen MR) is 301 cm³/mol. The molecular weight excluding hydrogens is 1020 g/mol. The van der Waals surface area contributed by atoms with Gasteiger partial charge in [-0.15, -0.1) is 0 Å². The fraction of sp³-hybridized carbons (Fsp3) is 0.414. The topological polar surface area (TPSA) is 248 Å². The van der Waals surface area contributed by atoms with E-state index in [9.17, 15) is 19.2 Å². The molecular formula is C58H74N4O17. The van der Waals surface area contributed by atoms with Gasteiger partial charge in [-0.2, -0.15) is 0 Å². The molecule has 0 fully saturated rings. The summed E-state index contributed by atoms with van der Waals surface area (Å²) in [6.45, 7) is 11.4. The molecule has 4 aromatic rings. The number of carbonyl (C=O) groups is 4. The Hall–Kier alpha value is -8.62. The number of hydrogen-bond donors (Lipinski definition) is 3. The van der Waals surface area contributed by atoms with Crippen molar-refractivity contribution < 1.29 is 81.3 Å². The second kappa shape index (κ2) is 28.1. The first-order chi connectivity index (χ1) is 37.0. The van der Waals surface area contributed by atoms with Gasteiger partial charge in [0.25, 0.3) is 0 Å². The Labute approximate surface area is 461 Å². The van der Waals surface area contributed by atoms with Gasteiger partial charge in [0.1, 0.15) is 22.7 Å². The molecule has 2 amide bonds. The van der Waals surface area contributed by atoms with Crippen molar-refractivity contribution in [2.24, 2.45) is 10.3 Å². The summed E-state index contributed by atoms with van der Waals surface area (Å²) in [5.74, 6) is 2.56. The summed E-state index contributed by atoms with van der Waals surface area (Å²) in [6.07, 6.45) is 4.44. The maximum atomic E-state index is 12.6. The molecule has 2 aliphatic rings. The molecule has 79 heavy (non-hydrogen) atoms. The number of rotatable bonds is 18. The van der Waals surface area contributed by atoms with Gasteiger partial charge in [-0.3, -0.25) is 15.4 Å². The lowest BCUT2D eigenvalue weighted by molar-refractivity contribution is -0.142. The zero-order valence-electron chi connectivity index (χ0n) is 46.9. The fourth-order valence-electron chi connectivity index (χ4n) is 8.32. The summed E-state index contributed by atoms with van der Waals surface area (Å²) in [5.41, 5.74) is 6.84. The summed E-state index contributed by atoms with van der Waals surface area (Å²) in [7, 11) is 12.3. The Bertz CT molecular complexity index is 2780. The van der Waals surface area contributed by atoms with Crippen molar-refractivity contribution in [2.45, 2.75) is 92.8 Å². The smallest absolute Gasteiger partial charge is 0.412 e. The molecule has 0 saturated heterocycles. The molecule has 0 aliphatic heterocycles. The molecule has 0 aromatic heterocycles. The number of oxime groups is 2. The minimum absolute atomic E-state index is 0. The molecule has 428 valence electrons. The molecule has 0 atom stereocenters. The molecule has 21 nitrogen and oxygen atoms in total. The number of allylic oxidation sites excluding steroid dienone is 2. The third-order valence-electron chi connectivity index (χ3n) is 11.4. The Morgan fingerprint density at radius 2 is 0.873 bits per heavy atom. The number of anilines is 2. The van der Waals surface area contributed by atoms with E-state index in [1.807, 2.05) is 30.3 Å². The average Bonchev–Trinajstić information content (AvgIpc) is 3.75. The Kier molecular flexibility index (Phi) is 22.4. The van der Waals surface area contributed by atoms with Crippen molar-refractivity contribution in [1.82, 2.24) is 0 Å². The Balaban J connectivity index is 0.000000336. The lowest BCUT2D eigenvalue weighted by atomic mass is 9.92. The normalized spacial score (nSPS) is 13.8. The number of carboxylic acid groups (broad SMARTS) is 1. The van der Waals surface area contributed by atoms with E-state index < -0.39 is 36.0 Å². The fourth-order valence-corrected chi connectivity index (χ4v) is 8.32. The number of Topliss-reactive ketones (excluding diaryl/α,β-unsaturated/α-hetero) is 1. The quantitative estimate of drug-likeness (QED) is 0.0784. The summed E-state index contributed by atoms with van der Waals surface area (Å²) in [4.78, 5) is 57.9. The van der Waals surface area contributed by atoms with E-state index in [2.05, 4.69) is 20.9 Å². The largest absolute Gasteiger partial charge is 0.495 e. The van der Waals surface area contributed by atoms with Crippen LogP contribution in [0, 0.1) is 0 Å². The Morgan fingerprint density at radius 1 is 0.506 bits per heavy atom. The standard InChI is InChI=1S/C29H36N2O8.C28H34N2O9.CH4/c1-17(32)16-38-31-19-10-11-20-22(15-25(35-6)27(37-8)26(20)36-7)21(14-19)18-9-12-24(34-5)23(13-18)30-28(33)39-29(2,3)4;1-28(2,3)39-27(33)29-21-12-16(8-11-22(21)34-4)19-13-17(30-38-15-24(31)32)9-10-18-20(19)14-23(35-5)26(37-7)25(18)36-6;/h9,12-15H,10-11,16H2,1-8H3,(H,30,33);8,11-14H,9-10,15H2,1-7H3,(H,29,33)(H,31,32);1H4/b31-19+;30-17+;. The second-order valence-electron chi connectivity index (χ2n) is 19.4. The van der Waals surface area contributed by atoms with Crippen LogP contribution >= 0.6 is 0 Å². The van der Waals surface area contributed by atoms with Crippen LogP contribution in [0.2, 0.25) is 0 Å². The van der Waals surface area contributed by atoms with Crippen molar-refractivity contribution in [2.75, 3.05) is 80.7 Å². The van der Waals surface area contributed by atoms with Gasteiger partial charge in [0.15, 0.2) is 35.4 Å². The maximum absolute atomic E-state index is 12.6. The summed E-state index contributed by atoms with van der Waals surface area (Å²) in [5, 5.41) is 22.8. The molecule has 6 rings (SSSR count). The van der Waals surface area contributed by atoms with E-state index >= 15 is 0 Å². The monoisotopic (exact) mass is 1100 g/mol. The number of nitrogens with one attached hydrogen (secondary N) is 2. The first-order valence-electron chi connectivity index (χ1n) is 24.6. The number of hydrogen-bond acceptors (Lipinski definition) is 18. The van der Waals surface area contributed by atoms with Crippen molar-refractivity contribution in [1.29, 1.82) is 0 Å². The van der Waals surface area contributed by atoms with Crippen LogP contribution in [0.5, 0.6) is 46.0 Å². The number of ketones is 1. The third-order valence-corrected chi connectivity index (χ3v) is 11.4. The lowest BCUT2D eigenvalue weighted by Gasteiger charge is -2.22. The number of amides is 2. The number of ether oxygens (including phenoxy) is 10. The zero-order chi connectivity index (χ0) is 57.5. The predicted octanol–water partition coefficient (Wildman–Crippen LogP) is 10.9. The minimum Gasteiger partial charge on any atom is -0.495 e. The van der Waals surface area contributed by atoms with Gasteiger partial charge in [0.05, 0.1) is 79.7 Å². The molecule has 0 spiro atoms. The van der Waals surface area contributed by atoms with Gasteiger partial charge in [-0.1, -0.05) is 29.9 Å². The van der Waals surface area contributed by atoms with Gasteiger partial charge >= 0.3 is 18.2 Å². The van der Waals surface area contributed by atoms with Gasteiger partial charge in [0, 0.05) is 11.1 Å². The molecule has 21 heteroatoms. The van der Waals surface area contributed by atoms with Crippen molar-refractivity contribution in [3.63, 3.8) is 0 Å². The maximum Gasteiger partial charge on any atom is 0.412 e. The van der Waals surface area contributed by atoms with Crippen molar-refractivity contribution >= 4 is 57.9 Å². The number of nitrogens with zero attached hydrogens (tertiary/aromatic N) is 2. The lowest BCUT2D eigenvalue weighted by Crippen LogP contribution is -2.27. The summed E-state index contributed by atoms with van der Waals surface area (Å²) >= 11 is 0. The highest BCUT2D eigenvalue weighted by molar-refractivity contribution is 6.07. The average molecular weight is 1100 g/mol. The second-order valence-corrected chi connectivity index (χ2v) is 19.4. The molecule has 3 N–H and O–H groups in total. The van der Waals surface area contributed by atoms with E-state index in [4.69, 9.17) is 62.2 Å². The molecule has 4 aromatic carbocycles. The summed E-state index contributed by atoms with van der Waals surface area (Å²) < 4.78 is 55.8. The SMILES string of the molecule is C.COc1ccc(C2=C/C(=N/OCC(=O)O)CCc3c2cc(OC)c(OC)c3OC)cc1NC(=O)OC(C)(C)C.COc1ccc(C2=C/C(=N/OCC(C)=O)CCc3c2cc(OC)c(OC)c3OC)cc1NC(=O)OC(C)(C)C. The number of carbonyl (C=O) groups excluding carboxylic acids is 3. The van der Waals surface area contributed by atoms with Crippen LogP contribution in [0.4, 0.5) is 21.0 Å². The highest BCUT2D eigenvalue weighted by atomic mass is 16.6. The molecule has 0 heterocycles. The van der Waals surface area contributed by atoms with Crippen LogP contribution in [0.1, 0.15) is 102 Å². The zero-order valence-corrected chi connectivity index (χ0v) is 46.9. The van der Waals surface area contributed by atoms with Crippen molar-refractivity contribution in [3.05, 3.63) is 94.1 Å². The minimum atomic E-state index is -1.13. The number of methoxy groups -OCH3 is 8. The van der Waals surface area contributed by atoms with Gasteiger partial charge in [-0.25, -0.2) is 14.4 Å². The highest BCUT2D eigenvalue weighted by Crippen LogP contribution is 2.49. The Morgan fingerprint density at radius 3 is 1.19 bits per heavy atom. The third kappa shape index (κ3) is 16.7. The van der Waals surface area contributed by atoms with Gasteiger partial charge in [-0.05, 0) is 156 Å². The molecule has 2 aliphatic carbocycles. The number of aliphatic carboxylic acids is 1. The van der Waals surface area contributed by atoms with Crippen molar-refractivity contribution in [3.8, 4) is 46.0 Å². The number of fused-ring (bicyclic) bond motifs is 2. The van der Waals surface area contributed by atoms with E-state index in [0.29, 0.717) is 106 Å². The van der Waals surface area contributed by atoms with Gasteiger partial charge in [0.2, 0.25) is 18.1 Å². The van der Waals surface area contributed by atoms with Gasteiger partial charge < -0.3 is 62.2 Å². The molecule has 0 bridgehead atoms. The van der Waals surface area contributed by atoms with E-state index in [0.717, 1.165) is 33.4 Å². The van der Waals surface area contributed by atoms with Crippen LogP contribution in [-0.2, 0) is 41.6 Å². The van der Waals surface area contributed by atoms with Crippen LogP contribution in [-0.4, -0.2) is 122 Å². The van der Waals surface area contributed by atoms with Crippen LogP contribution in [0.15, 0.2) is 71.0 Å². The first kappa shape index (κ1) is 62.9. The molecule has 0 unspecified atom stereocenters.